The zero-order chi connectivity index (χ0) is 15.9. The molecule has 1 unspecified atom stereocenters. The zero-order valence-corrected chi connectivity index (χ0v) is 13.3. The van der Waals surface area contributed by atoms with Crippen molar-refractivity contribution >= 4 is 60.8 Å². The molecule has 6 heteroatoms. The van der Waals surface area contributed by atoms with Gasteiger partial charge in [0.1, 0.15) is 6.04 Å². The summed E-state index contributed by atoms with van der Waals surface area (Å²) >= 11 is 0. The van der Waals surface area contributed by atoms with Gasteiger partial charge in [0.05, 0.1) is 6.42 Å². The fourth-order valence-electron chi connectivity index (χ4n) is 2.31. The van der Waals surface area contributed by atoms with E-state index in [0.29, 0.717) is 6.54 Å². The van der Waals surface area contributed by atoms with E-state index in [2.05, 4.69) is 12.2 Å². The van der Waals surface area contributed by atoms with Crippen LogP contribution < -0.4 is 5.32 Å². The Morgan fingerprint density at radius 3 is 1.73 bits per heavy atom. The number of carbonyl (C=O) groups is 2. The van der Waals surface area contributed by atoms with E-state index in [1.165, 1.54) is 51.4 Å². The first-order valence-electron chi connectivity index (χ1n) is 8.26. The SMILES string of the molecule is CCCCCCCCCCCCNC(CC(=O)O)C(=O)O.[BaH2]. The monoisotopic (exact) mass is 441 g/mol. The van der Waals surface area contributed by atoms with Gasteiger partial charge in [-0.2, -0.15) is 0 Å². The van der Waals surface area contributed by atoms with Crippen LogP contribution in [0.4, 0.5) is 0 Å². The van der Waals surface area contributed by atoms with E-state index in [1.807, 2.05) is 0 Å². The van der Waals surface area contributed by atoms with Gasteiger partial charge in [-0.05, 0) is 13.0 Å². The van der Waals surface area contributed by atoms with Crippen LogP contribution in [0, 0.1) is 0 Å². The predicted molar refractivity (Wildman–Crippen MR) is 92.1 cm³/mol. The summed E-state index contributed by atoms with van der Waals surface area (Å²) in [4.78, 5) is 21.3. The molecule has 0 saturated carbocycles. The molecule has 22 heavy (non-hydrogen) atoms. The van der Waals surface area contributed by atoms with E-state index >= 15 is 0 Å². The van der Waals surface area contributed by atoms with Crippen molar-refractivity contribution in [2.24, 2.45) is 0 Å². The van der Waals surface area contributed by atoms with Gasteiger partial charge < -0.3 is 15.5 Å². The van der Waals surface area contributed by atoms with E-state index < -0.39 is 18.0 Å². The molecule has 0 aliphatic carbocycles. The number of nitrogens with one attached hydrogen (secondary N) is 1. The third-order valence-corrected chi connectivity index (χ3v) is 3.60. The molecule has 0 fully saturated rings. The van der Waals surface area contributed by atoms with Crippen molar-refractivity contribution in [2.45, 2.75) is 83.6 Å². The van der Waals surface area contributed by atoms with Gasteiger partial charge in [-0.25, -0.2) is 0 Å². The standard InChI is InChI=1S/C16H31NO4.Ba.2H/c1-2-3-4-5-6-7-8-9-10-11-12-17-14(16(20)21)13-15(18)19;;;/h14,17H,2-13H2,1H3,(H,18,19)(H,20,21);;;. The molecule has 1 atom stereocenters. The first-order valence-corrected chi connectivity index (χ1v) is 8.26. The van der Waals surface area contributed by atoms with Crippen molar-refractivity contribution in [3.05, 3.63) is 0 Å². The van der Waals surface area contributed by atoms with Crippen molar-refractivity contribution in [3.8, 4) is 0 Å². The normalized spacial score (nSPS) is 11.7. The van der Waals surface area contributed by atoms with Crippen LogP contribution in [-0.4, -0.2) is 83.6 Å². The van der Waals surface area contributed by atoms with Gasteiger partial charge in [0.25, 0.3) is 0 Å². The Hall–Kier alpha value is 0.471. The molecule has 0 spiro atoms. The van der Waals surface area contributed by atoms with Crippen LogP contribution in [0.2, 0.25) is 0 Å². The third kappa shape index (κ3) is 16.8. The van der Waals surface area contributed by atoms with Crippen LogP contribution in [0.15, 0.2) is 0 Å². The average Bonchev–Trinajstić information content (AvgIpc) is 2.42. The fraction of sp³-hybridized carbons (Fsp3) is 0.875. The van der Waals surface area contributed by atoms with Crippen molar-refractivity contribution in [2.75, 3.05) is 6.54 Å². The molecule has 3 N–H and O–H groups in total. The maximum absolute atomic E-state index is 10.8. The maximum atomic E-state index is 10.8. The molecule has 0 saturated heterocycles. The molecule has 0 aromatic heterocycles. The third-order valence-electron chi connectivity index (χ3n) is 3.60. The van der Waals surface area contributed by atoms with Crippen molar-refractivity contribution < 1.29 is 19.8 Å². The number of hydrogen-bond donors (Lipinski definition) is 3. The zero-order valence-electron chi connectivity index (χ0n) is 13.3. The average molecular weight is 441 g/mol. The van der Waals surface area contributed by atoms with Crippen molar-refractivity contribution in [3.63, 3.8) is 0 Å². The molecule has 0 heterocycles. The summed E-state index contributed by atoms with van der Waals surface area (Å²) in [6.45, 7) is 2.79. The quantitative estimate of drug-likeness (QED) is 0.269. The van der Waals surface area contributed by atoms with E-state index in [1.54, 1.807) is 0 Å². The topological polar surface area (TPSA) is 86.6 Å². The molecular weight excluding hydrogens is 408 g/mol. The van der Waals surface area contributed by atoms with E-state index in [-0.39, 0.29) is 55.3 Å². The number of carboxylic acids is 2. The molecule has 0 rings (SSSR count). The summed E-state index contributed by atoms with van der Waals surface area (Å²) in [6, 6.07) is -0.971. The van der Waals surface area contributed by atoms with E-state index in [0.717, 1.165) is 12.8 Å². The van der Waals surface area contributed by atoms with Crippen molar-refractivity contribution in [1.29, 1.82) is 0 Å². The number of rotatable bonds is 15. The number of hydrogen-bond acceptors (Lipinski definition) is 3. The van der Waals surface area contributed by atoms with Gasteiger partial charge in [-0.15, -0.1) is 0 Å². The van der Waals surface area contributed by atoms with Gasteiger partial charge in [0.2, 0.25) is 0 Å². The summed E-state index contributed by atoms with van der Waals surface area (Å²) in [5, 5.41) is 20.3. The van der Waals surface area contributed by atoms with Gasteiger partial charge in [-0.3, -0.25) is 9.59 Å². The summed E-state index contributed by atoms with van der Waals surface area (Å²) in [5.74, 6) is -2.18. The van der Waals surface area contributed by atoms with Gasteiger partial charge >= 0.3 is 60.8 Å². The molecular formula is C16H33BaNO4. The fourth-order valence-corrected chi connectivity index (χ4v) is 2.31. The van der Waals surface area contributed by atoms with Crippen LogP contribution in [0.5, 0.6) is 0 Å². The number of unbranched alkanes of at least 4 members (excludes halogenated alkanes) is 9. The number of carboxylic acid groups (broad SMARTS) is 2. The van der Waals surface area contributed by atoms with Crippen LogP contribution in [0.1, 0.15) is 77.6 Å². The van der Waals surface area contributed by atoms with E-state index in [4.69, 9.17) is 10.2 Å². The number of aliphatic carboxylic acids is 2. The Balaban J connectivity index is 0. The summed E-state index contributed by atoms with van der Waals surface area (Å²) in [6.07, 6.45) is 11.9. The molecule has 0 bridgehead atoms. The second-order valence-corrected chi connectivity index (χ2v) is 5.62. The minimum atomic E-state index is -1.09. The second-order valence-electron chi connectivity index (χ2n) is 5.62. The molecule has 128 valence electrons. The summed E-state index contributed by atoms with van der Waals surface area (Å²) in [7, 11) is 0. The summed E-state index contributed by atoms with van der Waals surface area (Å²) in [5.41, 5.74) is 0. The van der Waals surface area contributed by atoms with Gasteiger partial charge in [0, 0.05) is 0 Å². The van der Waals surface area contributed by atoms with Crippen LogP contribution in [-0.2, 0) is 9.59 Å². The van der Waals surface area contributed by atoms with Crippen molar-refractivity contribution in [1.82, 2.24) is 5.32 Å². The van der Waals surface area contributed by atoms with Crippen LogP contribution >= 0.6 is 0 Å². The Bertz CT molecular complexity index is 287. The Morgan fingerprint density at radius 1 is 0.864 bits per heavy atom. The molecule has 0 aliphatic rings. The molecule has 0 aromatic carbocycles. The summed E-state index contributed by atoms with van der Waals surface area (Å²) < 4.78 is 0. The molecule has 0 radical (unpaired) electrons. The minimum absolute atomic E-state index is 0. The predicted octanol–water partition coefficient (Wildman–Crippen LogP) is 2.51. The molecule has 0 aromatic rings. The van der Waals surface area contributed by atoms with Crippen LogP contribution in [0.3, 0.4) is 0 Å². The van der Waals surface area contributed by atoms with Gasteiger partial charge in [-0.1, -0.05) is 64.7 Å². The van der Waals surface area contributed by atoms with E-state index in [9.17, 15) is 9.59 Å². The Morgan fingerprint density at radius 2 is 1.32 bits per heavy atom. The van der Waals surface area contributed by atoms with Gasteiger partial charge in [0.15, 0.2) is 0 Å². The Labute approximate surface area is 174 Å². The van der Waals surface area contributed by atoms with Crippen LogP contribution in [0.25, 0.3) is 0 Å². The molecule has 0 amide bonds. The molecule has 0 aliphatic heterocycles. The second kappa shape index (κ2) is 17.8. The molecule has 5 nitrogen and oxygen atoms in total. The Kier molecular flexibility index (Phi) is 20.0. The first-order chi connectivity index (χ1) is 10.1. The first kappa shape index (κ1) is 24.7.